The zero-order valence-corrected chi connectivity index (χ0v) is 16.4. The van der Waals surface area contributed by atoms with Gasteiger partial charge in [-0.3, -0.25) is 9.59 Å². The minimum atomic E-state index is 0.0592. The fourth-order valence-electron chi connectivity index (χ4n) is 3.63. The topological polar surface area (TPSA) is 63.4 Å². The van der Waals surface area contributed by atoms with Gasteiger partial charge in [0.15, 0.2) is 5.78 Å². The molecule has 4 nitrogen and oxygen atoms in total. The molecule has 2 rings (SSSR count). The molecule has 0 saturated carbocycles. The molecule has 1 aromatic carbocycles. The van der Waals surface area contributed by atoms with Crippen LogP contribution in [-0.4, -0.2) is 35.7 Å². The van der Waals surface area contributed by atoms with E-state index >= 15 is 0 Å². The van der Waals surface area contributed by atoms with Crippen LogP contribution in [0.25, 0.3) is 0 Å². The highest BCUT2D eigenvalue weighted by atomic mass is 16.2. The van der Waals surface area contributed by atoms with E-state index in [9.17, 15) is 9.59 Å². The molecule has 1 saturated heterocycles. The lowest BCUT2D eigenvalue weighted by atomic mass is 9.91. The lowest BCUT2D eigenvalue weighted by molar-refractivity contribution is -0.132. The van der Waals surface area contributed by atoms with Crippen LogP contribution in [-0.2, 0) is 11.2 Å². The summed E-state index contributed by atoms with van der Waals surface area (Å²) >= 11 is 0. The number of hydrogen-bond acceptors (Lipinski definition) is 3. The van der Waals surface area contributed by atoms with E-state index in [1.807, 2.05) is 36.1 Å². The molecule has 1 heterocycles. The van der Waals surface area contributed by atoms with Gasteiger partial charge in [-0.05, 0) is 44.1 Å². The van der Waals surface area contributed by atoms with Gasteiger partial charge in [0.2, 0.25) is 5.91 Å². The molecule has 1 atom stereocenters. The zero-order valence-electron chi connectivity index (χ0n) is 16.4. The highest BCUT2D eigenvalue weighted by Gasteiger charge is 2.24. The Bertz CT molecular complexity index is 572. The summed E-state index contributed by atoms with van der Waals surface area (Å²) in [7, 11) is 0. The van der Waals surface area contributed by atoms with Gasteiger partial charge in [-0.15, -0.1) is 0 Å². The fraction of sp³-hybridized carbons (Fsp3) is 0.636. The van der Waals surface area contributed by atoms with Gasteiger partial charge in [0, 0.05) is 37.5 Å². The predicted octanol–water partition coefficient (Wildman–Crippen LogP) is 3.97. The van der Waals surface area contributed by atoms with Crippen molar-refractivity contribution in [1.29, 1.82) is 0 Å². The second-order valence-corrected chi connectivity index (χ2v) is 7.65. The minimum Gasteiger partial charge on any atom is -0.343 e. The molecule has 1 unspecified atom stereocenters. The van der Waals surface area contributed by atoms with Crippen molar-refractivity contribution in [1.82, 2.24) is 4.90 Å². The first-order valence-electron chi connectivity index (χ1n) is 10.2. The molecular formula is C22H34N2O2. The normalized spacial score (nSPS) is 16.5. The number of ketones is 1. The van der Waals surface area contributed by atoms with Crippen LogP contribution in [0.1, 0.15) is 74.7 Å². The number of Topliss-reactive ketones (excluding diaryl/α,β-unsaturated/α-hetero) is 1. The number of nitrogens with two attached hydrogens (primary N) is 1. The lowest BCUT2D eigenvalue weighted by Gasteiger charge is -2.33. The van der Waals surface area contributed by atoms with Crippen LogP contribution in [0.5, 0.6) is 0 Å². The Morgan fingerprint density at radius 3 is 2.35 bits per heavy atom. The number of unbranched alkanes of at least 4 members (excludes halogenated alkanes) is 2. The van der Waals surface area contributed by atoms with Crippen molar-refractivity contribution in [2.75, 3.05) is 13.1 Å². The maximum Gasteiger partial charge on any atom is 0.223 e. The molecule has 0 aromatic heterocycles. The number of aryl methyl sites for hydroxylation is 1. The number of benzene rings is 1. The van der Waals surface area contributed by atoms with Gasteiger partial charge < -0.3 is 10.6 Å². The van der Waals surface area contributed by atoms with Crippen LogP contribution < -0.4 is 5.73 Å². The molecule has 0 radical (unpaired) electrons. The Hall–Kier alpha value is -1.68. The Morgan fingerprint density at radius 1 is 1.12 bits per heavy atom. The second kappa shape index (κ2) is 10.5. The molecule has 0 bridgehead atoms. The van der Waals surface area contributed by atoms with Crippen LogP contribution in [0.15, 0.2) is 24.3 Å². The van der Waals surface area contributed by atoms with Crippen LogP contribution >= 0.6 is 0 Å². The van der Waals surface area contributed by atoms with Crippen molar-refractivity contribution >= 4 is 11.7 Å². The molecule has 144 valence electrons. The number of carbonyl (C=O) groups excluding carboxylic acids is 2. The van der Waals surface area contributed by atoms with E-state index in [2.05, 4.69) is 6.92 Å². The number of hydrogen-bond donors (Lipinski definition) is 1. The molecule has 1 aliphatic rings. The largest absolute Gasteiger partial charge is 0.343 e. The number of piperidine rings is 1. The quantitative estimate of drug-likeness (QED) is 0.537. The maximum absolute atomic E-state index is 12.4. The van der Waals surface area contributed by atoms with Crippen LogP contribution in [0.4, 0.5) is 0 Å². The molecule has 4 heteroatoms. The smallest absolute Gasteiger partial charge is 0.223 e. The van der Waals surface area contributed by atoms with Gasteiger partial charge in [0.1, 0.15) is 0 Å². The first-order valence-corrected chi connectivity index (χ1v) is 10.2. The van der Waals surface area contributed by atoms with Crippen molar-refractivity contribution in [3.63, 3.8) is 0 Å². The molecule has 1 fully saturated rings. The summed E-state index contributed by atoms with van der Waals surface area (Å²) < 4.78 is 0. The number of rotatable bonds is 9. The van der Waals surface area contributed by atoms with Crippen LogP contribution in [0.3, 0.4) is 0 Å². The summed E-state index contributed by atoms with van der Waals surface area (Å²) in [5.74, 6) is 0.665. The molecule has 1 amide bonds. The van der Waals surface area contributed by atoms with Crippen molar-refractivity contribution < 1.29 is 9.59 Å². The van der Waals surface area contributed by atoms with Crippen LogP contribution in [0.2, 0.25) is 0 Å². The lowest BCUT2D eigenvalue weighted by Crippen LogP contribution is -2.42. The maximum atomic E-state index is 12.4. The molecule has 1 aromatic rings. The van der Waals surface area contributed by atoms with Gasteiger partial charge in [-0.2, -0.15) is 0 Å². The molecule has 1 aliphatic heterocycles. The number of nitrogens with zero attached hydrogens (tertiary/aromatic N) is 1. The summed E-state index contributed by atoms with van der Waals surface area (Å²) in [6.07, 6.45) is 7.25. The Kier molecular flexibility index (Phi) is 8.30. The summed E-state index contributed by atoms with van der Waals surface area (Å²) in [5.41, 5.74) is 7.94. The minimum absolute atomic E-state index is 0.0592. The van der Waals surface area contributed by atoms with E-state index in [1.165, 1.54) is 24.8 Å². The average Bonchev–Trinajstić information content (AvgIpc) is 2.66. The first-order chi connectivity index (χ1) is 12.5. The summed E-state index contributed by atoms with van der Waals surface area (Å²) in [5, 5.41) is 0. The standard InChI is InChI=1S/C22H34N2O2/c1-3-4-5-6-18-7-9-20(10-8-18)21(25)11-12-22(26)24-15-13-19(14-16-24)17(2)23/h7-10,17,19H,3-6,11-16,23H2,1-2H3. The number of carbonyl (C=O) groups is 2. The Balaban J connectivity index is 1.75. The third-order valence-corrected chi connectivity index (χ3v) is 5.55. The predicted molar refractivity (Wildman–Crippen MR) is 106 cm³/mol. The van der Waals surface area contributed by atoms with E-state index in [0.29, 0.717) is 24.3 Å². The van der Waals surface area contributed by atoms with Gasteiger partial charge in [0.25, 0.3) is 0 Å². The monoisotopic (exact) mass is 358 g/mol. The first kappa shape index (κ1) is 20.6. The average molecular weight is 359 g/mol. The zero-order chi connectivity index (χ0) is 18.9. The van der Waals surface area contributed by atoms with E-state index in [-0.39, 0.29) is 17.7 Å². The van der Waals surface area contributed by atoms with Gasteiger partial charge in [-0.25, -0.2) is 0 Å². The van der Waals surface area contributed by atoms with E-state index in [1.54, 1.807) is 0 Å². The summed E-state index contributed by atoms with van der Waals surface area (Å²) in [4.78, 5) is 26.6. The Morgan fingerprint density at radius 2 is 1.77 bits per heavy atom. The SMILES string of the molecule is CCCCCc1ccc(C(=O)CCC(=O)N2CCC(C(C)N)CC2)cc1. The highest BCUT2D eigenvalue weighted by molar-refractivity contribution is 5.98. The molecule has 0 aliphatic carbocycles. The van der Waals surface area contributed by atoms with Crippen molar-refractivity contribution in [2.24, 2.45) is 11.7 Å². The number of amides is 1. The highest BCUT2D eigenvalue weighted by Crippen LogP contribution is 2.20. The van der Waals surface area contributed by atoms with Crippen molar-refractivity contribution in [3.8, 4) is 0 Å². The molecule has 26 heavy (non-hydrogen) atoms. The van der Waals surface area contributed by atoms with E-state index in [0.717, 1.165) is 32.4 Å². The second-order valence-electron chi connectivity index (χ2n) is 7.65. The third kappa shape index (κ3) is 6.24. The van der Waals surface area contributed by atoms with Crippen molar-refractivity contribution in [3.05, 3.63) is 35.4 Å². The fourth-order valence-corrected chi connectivity index (χ4v) is 3.63. The van der Waals surface area contributed by atoms with Gasteiger partial charge in [-0.1, -0.05) is 44.0 Å². The van der Waals surface area contributed by atoms with E-state index < -0.39 is 0 Å². The molecule has 0 spiro atoms. The van der Waals surface area contributed by atoms with Gasteiger partial charge >= 0.3 is 0 Å². The van der Waals surface area contributed by atoms with Crippen LogP contribution in [0, 0.1) is 5.92 Å². The molecule has 2 N–H and O–H groups in total. The Labute approximate surface area is 158 Å². The molecular weight excluding hydrogens is 324 g/mol. The van der Waals surface area contributed by atoms with Crippen molar-refractivity contribution in [2.45, 2.75) is 71.3 Å². The number of likely N-dealkylation sites (tertiary alicyclic amines) is 1. The van der Waals surface area contributed by atoms with Gasteiger partial charge in [0.05, 0.1) is 0 Å². The summed E-state index contributed by atoms with van der Waals surface area (Å²) in [6, 6.07) is 8.09. The summed E-state index contributed by atoms with van der Waals surface area (Å²) in [6.45, 7) is 5.78. The third-order valence-electron chi connectivity index (χ3n) is 5.55. The van der Waals surface area contributed by atoms with E-state index in [4.69, 9.17) is 5.73 Å².